The number of hydrogen-bond acceptors (Lipinski definition) is 2. The van der Waals surface area contributed by atoms with E-state index in [-0.39, 0.29) is 5.41 Å². The van der Waals surface area contributed by atoms with Crippen LogP contribution in [0.1, 0.15) is 53.4 Å². The maximum absolute atomic E-state index is 5.97. The molecule has 0 saturated heterocycles. The Kier molecular flexibility index (Phi) is 9.03. The van der Waals surface area contributed by atoms with Crippen molar-refractivity contribution in [3.8, 4) is 0 Å². The van der Waals surface area contributed by atoms with E-state index in [4.69, 9.17) is 11.5 Å². The number of rotatable bonds is 9. The molecule has 106 valence electrons. The summed E-state index contributed by atoms with van der Waals surface area (Å²) in [7, 11) is 0. The number of allylic oxidation sites excluding steroid dienone is 3. The zero-order valence-corrected chi connectivity index (χ0v) is 12.7. The van der Waals surface area contributed by atoms with Crippen molar-refractivity contribution in [1.29, 1.82) is 0 Å². The van der Waals surface area contributed by atoms with Gasteiger partial charge >= 0.3 is 0 Å². The molecule has 0 aromatic heterocycles. The van der Waals surface area contributed by atoms with Crippen molar-refractivity contribution in [2.24, 2.45) is 22.8 Å². The number of unbranched alkanes of at least 4 members (excludes halogenated alkanes) is 1. The second-order valence-corrected chi connectivity index (χ2v) is 6.24. The summed E-state index contributed by atoms with van der Waals surface area (Å²) >= 11 is 0. The predicted molar refractivity (Wildman–Crippen MR) is 82.4 cm³/mol. The molecular weight excluding hydrogens is 220 g/mol. The summed E-state index contributed by atoms with van der Waals surface area (Å²) in [6, 6.07) is 0.294. The van der Waals surface area contributed by atoms with Crippen LogP contribution in [0.5, 0.6) is 0 Å². The van der Waals surface area contributed by atoms with Gasteiger partial charge in [0.2, 0.25) is 0 Å². The van der Waals surface area contributed by atoms with Crippen molar-refractivity contribution >= 4 is 0 Å². The zero-order chi connectivity index (χ0) is 14.0. The summed E-state index contributed by atoms with van der Waals surface area (Å²) in [6.45, 7) is 9.47. The first-order valence-corrected chi connectivity index (χ1v) is 7.14. The Morgan fingerprint density at radius 3 is 2.06 bits per heavy atom. The average Bonchev–Trinajstić information content (AvgIpc) is 2.32. The van der Waals surface area contributed by atoms with Gasteiger partial charge in [-0.05, 0) is 43.6 Å². The minimum absolute atomic E-state index is 0.233. The highest BCUT2D eigenvalue weighted by Crippen LogP contribution is 2.18. The van der Waals surface area contributed by atoms with Gasteiger partial charge in [0.25, 0.3) is 0 Å². The Labute approximate surface area is 114 Å². The van der Waals surface area contributed by atoms with Gasteiger partial charge in [0.15, 0.2) is 0 Å². The minimum atomic E-state index is 0.233. The normalized spacial score (nSPS) is 15.1. The lowest BCUT2D eigenvalue weighted by molar-refractivity contribution is 0.384. The molecule has 0 spiro atoms. The first kappa shape index (κ1) is 17.4. The molecule has 1 unspecified atom stereocenters. The van der Waals surface area contributed by atoms with E-state index < -0.39 is 0 Å². The SMILES string of the molecule is CC(C)C(N)C/C=C/CC/C=C/CC(C)(C)CN. The lowest BCUT2D eigenvalue weighted by Gasteiger charge is -2.19. The molecule has 0 bridgehead atoms. The molecule has 0 fully saturated rings. The van der Waals surface area contributed by atoms with E-state index in [9.17, 15) is 0 Å². The van der Waals surface area contributed by atoms with Crippen LogP contribution < -0.4 is 11.5 Å². The third-order valence-electron chi connectivity index (χ3n) is 3.32. The van der Waals surface area contributed by atoms with Crippen LogP contribution in [0.3, 0.4) is 0 Å². The van der Waals surface area contributed by atoms with Crippen LogP contribution in [0.4, 0.5) is 0 Å². The van der Waals surface area contributed by atoms with Gasteiger partial charge in [-0.3, -0.25) is 0 Å². The fourth-order valence-electron chi connectivity index (χ4n) is 1.44. The highest BCUT2D eigenvalue weighted by atomic mass is 14.6. The first-order chi connectivity index (χ1) is 8.39. The van der Waals surface area contributed by atoms with Gasteiger partial charge in [-0.2, -0.15) is 0 Å². The zero-order valence-electron chi connectivity index (χ0n) is 12.7. The van der Waals surface area contributed by atoms with Crippen LogP contribution in [-0.2, 0) is 0 Å². The molecule has 0 aliphatic heterocycles. The molecule has 4 N–H and O–H groups in total. The molecule has 0 amide bonds. The largest absolute Gasteiger partial charge is 0.330 e. The number of hydrogen-bond donors (Lipinski definition) is 2. The molecule has 18 heavy (non-hydrogen) atoms. The van der Waals surface area contributed by atoms with Gasteiger partial charge in [0.05, 0.1) is 0 Å². The van der Waals surface area contributed by atoms with Gasteiger partial charge in [-0.15, -0.1) is 0 Å². The fraction of sp³-hybridized carbons (Fsp3) is 0.750. The Hall–Kier alpha value is -0.600. The highest BCUT2D eigenvalue weighted by molar-refractivity contribution is 4.92. The van der Waals surface area contributed by atoms with E-state index in [0.29, 0.717) is 12.0 Å². The fourth-order valence-corrected chi connectivity index (χ4v) is 1.44. The van der Waals surface area contributed by atoms with Crippen molar-refractivity contribution in [3.05, 3.63) is 24.3 Å². The molecule has 0 aromatic rings. The molecule has 0 rings (SSSR count). The Morgan fingerprint density at radius 1 is 1.00 bits per heavy atom. The smallest absolute Gasteiger partial charge is 0.00966 e. The molecule has 2 heteroatoms. The van der Waals surface area contributed by atoms with Crippen molar-refractivity contribution in [1.82, 2.24) is 0 Å². The van der Waals surface area contributed by atoms with Crippen LogP contribution in [0, 0.1) is 11.3 Å². The standard InChI is InChI=1S/C16H32N2/c1-14(2)15(18)11-9-7-5-6-8-10-12-16(3,4)13-17/h7-10,14-15H,5-6,11-13,17-18H2,1-4H3/b9-7+,10-8+. The summed E-state index contributed by atoms with van der Waals surface area (Å²) < 4.78 is 0. The van der Waals surface area contributed by atoms with Gasteiger partial charge in [-0.1, -0.05) is 52.0 Å². The molecule has 2 nitrogen and oxygen atoms in total. The van der Waals surface area contributed by atoms with Crippen LogP contribution in [-0.4, -0.2) is 12.6 Å². The maximum Gasteiger partial charge on any atom is 0.00966 e. The van der Waals surface area contributed by atoms with Crippen LogP contribution in [0.25, 0.3) is 0 Å². The van der Waals surface area contributed by atoms with Crippen LogP contribution >= 0.6 is 0 Å². The second-order valence-electron chi connectivity index (χ2n) is 6.24. The summed E-state index contributed by atoms with van der Waals surface area (Å²) in [4.78, 5) is 0. The average molecular weight is 252 g/mol. The molecular formula is C16H32N2. The lowest BCUT2D eigenvalue weighted by Crippen LogP contribution is -2.25. The summed E-state index contributed by atoms with van der Waals surface area (Å²) in [5.74, 6) is 0.563. The molecule has 0 saturated carbocycles. The summed E-state index contributed by atoms with van der Waals surface area (Å²) in [5.41, 5.74) is 11.9. The molecule has 0 aliphatic carbocycles. The van der Waals surface area contributed by atoms with Gasteiger partial charge in [0.1, 0.15) is 0 Å². The molecule has 0 heterocycles. The van der Waals surface area contributed by atoms with Crippen molar-refractivity contribution < 1.29 is 0 Å². The molecule has 1 atom stereocenters. The van der Waals surface area contributed by atoms with Gasteiger partial charge in [-0.25, -0.2) is 0 Å². The molecule has 0 aliphatic rings. The van der Waals surface area contributed by atoms with E-state index in [1.807, 2.05) is 0 Å². The van der Waals surface area contributed by atoms with Gasteiger partial charge < -0.3 is 11.5 Å². The van der Waals surface area contributed by atoms with Crippen LogP contribution in [0.2, 0.25) is 0 Å². The highest BCUT2D eigenvalue weighted by Gasteiger charge is 2.12. The van der Waals surface area contributed by atoms with Crippen molar-refractivity contribution in [2.75, 3.05) is 6.54 Å². The van der Waals surface area contributed by atoms with E-state index in [1.165, 1.54) is 0 Å². The minimum Gasteiger partial charge on any atom is -0.330 e. The number of nitrogens with two attached hydrogens (primary N) is 2. The third kappa shape index (κ3) is 9.43. The van der Waals surface area contributed by atoms with Gasteiger partial charge in [0, 0.05) is 6.04 Å². The van der Waals surface area contributed by atoms with Crippen molar-refractivity contribution in [2.45, 2.75) is 59.4 Å². The second kappa shape index (κ2) is 9.35. The summed E-state index contributed by atoms with van der Waals surface area (Å²) in [5, 5.41) is 0. The van der Waals surface area contributed by atoms with E-state index in [0.717, 1.165) is 32.2 Å². The van der Waals surface area contributed by atoms with E-state index in [2.05, 4.69) is 52.0 Å². The van der Waals surface area contributed by atoms with E-state index in [1.54, 1.807) is 0 Å². The first-order valence-electron chi connectivity index (χ1n) is 7.14. The Bertz CT molecular complexity index is 252. The third-order valence-corrected chi connectivity index (χ3v) is 3.32. The Balaban J connectivity index is 3.62. The lowest BCUT2D eigenvalue weighted by atomic mass is 9.89. The van der Waals surface area contributed by atoms with E-state index >= 15 is 0 Å². The molecule has 0 radical (unpaired) electrons. The quantitative estimate of drug-likeness (QED) is 0.486. The van der Waals surface area contributed by atoms with Crippen molar-refractivity contribution in [3.63, 3.8) is 0 Å². The van der Waals surface area contributed by atoms with Crippen LogP contribution in [0.15, 0.2) is 24.3 Å². The Morgan fingerprint density at radius 2 is 1.56 bits per heavy atom. The topological polar surface area (TPSA) is 52.0 Å². The predicted octanol–water partition coefficient (Wildman–Crippen LogP) is 3.63. The monoisotopic (exact) mass is 252 g/mol. The maximum atomic E-state index is 5.97. The molecule has 0 aromatic carbocycles. The summed E-state index contributed by atoms with van der Waals surface area (Å²) in [6.07, 6.45) is 13.2.